The molecule has 0 aromatic carbocycles. The minimum absolute atomic E-state index is 0.157. The van der Waals surface area contributed by atoms with E-state index in [4.69, 9.17) is 11.5 Å². The molecule has 0 aromatic rings. The van der Waals surface area contributed by atoms with Gasteiger partial charge < -0.3 is 32.5 Å². The molecule has 0 aromatic heterocycles. The van der Waals surface area contributed by atoms with Crippen molar-refractivity contribution in [2.24, 2.45) is 23.3 Å². The van der Waals surface area contributed by atoms with Crippen LogP contribution < -0.4 is 27.4 Å². The first-order valence-corrected chi connectivity index (χ1v) is 11.9. The summed E-state index contributed by atoms with van der Waals surface area (Å²) in [6.45, 7) is 6.98. The normalized spacial score (nSPS) is 15.7. The second-order valence-electron chi connectivity index (χ2n) is 8.05. The number of hydrogen-bond acceptors (Lipinski definition) is 7. The number of thioether (sulfide) groups is 1. The van der Waals surface area contributed by atoms with E-state index in [0.717, 1.165) is 0 Å². The Balaban J connectivity index is 5.43. The van der Waals surface area contributed by atoms with Crippen LogP contribution in [0.15, 0.2) is 0 Å². The van der Waals surface area contributed by atoms with Crippen LogP contribution in [0.1, 0.15) is 47.0 Å². The molecule has 184 valence electrons. The maximum atomic E-state index is 12.8. The number of rotatable bonds is 15. The highest BCUT2D eigenvalue weighted by molar-refractivity contribution is 7.98. The second-order valence-corrected chi connectivity index (χ2v) is 9.04. The predicted molar refractivity (Wildman–Crippen MR) is 123 cm³/mol. The average molecular weight is 476 g/mol. The van der Waals surface area contributed by atoms with Gasteiger partial charge in [-0.25, -0.2) is 4.79 Å². The number of carboxylic acid groups (broad SMARTS) is 1. The molecule has 5 atom stereocenters. The average Bonchev–Trinajstić information content (AvgIpc) is 2.71. The molecule has 11 nitrogen and oxygen atoms in total. The number of amides is 4. The van der Waals surface area contributed by atoms with Gasteiger partial charge in [-0.2, -0.15) is 11.8 Å². The molecule has 0 aliphatic carbocycles. The summed E-state index contributed by atoms with van der Waals surface area (Å²) in [6, 6.07) is -4.41. The van der Waals surface area contributed by atoms with Gasteiger partial charge in [0.1, 0.15) is 18.1 Å². The molecule has 4 amide bonds. The maximum absolute atomic E-state index is 12.8. The highest BCUT2D eigenvalue weighted by Gasteiger charge is 2.32. The van der Waals surface area contributed by atoms with Crippen molar-refractivity contribution in [3.8, 4) is 0 Å². The zero-order valence-electron chi connectivity index (χ0n) is 19.3. The van der Waals surface area contributed by atoms with Crippen LogP contribution >= 0.6 is 11.8 Å². The molecule has 8 N–H and O–H groups in total. The Morgan fingerprint density at radius 3 is 1.94 bits per heavy atom. The minimum atomic E-state index is -1.32. The molecule has 0 fully saturated rings. The Bertz CT molecular complexity index is 675. The van der Waals surface area contributed by atoms with E-state index in [0.29, 0.717) is 12.2 Å². The lowest BCUT2D eigenvalue weighted by Crippen LogP contribution is -2.59. The Morgan fingerprint density at radius 1 is 0.938 bits per heavy atom. The van der Waals surface area contributed by atoms with E-state index in [1.54, 1.807) is 20.8 Å². The number of carbonyl (C=O) groups excluding carboxylic acids is 4. The van der Waals surface area contributed by atoms with Gasteiger partial charge in [-0.15, -0.1) is 0 Å². The Hall–Kier alpha value is -2.34. The first-order valence-electron chi connectivity index (χ1n) is 10.5. The van der Waals surface area contributed by atoms with Crippen molar-refractivity contribution >= 4 is 41.4 Å². The molecule has 32 heavy (non-hydrogen) atoms. The van der Waals surface area contributed by atoms with Gasteiger partial charge in [-0.05, 0) is 30.3 Å². The first kappa shape index (κ1) is 29.7. The zero-order valence-corrected chi connectivity index (χ0v) is 20.2. The van der Waals surface area contributed by atoms with Crippen molar-refractivity contribution in [1.82, 2.24) is 16.0 Å². The lowest BCUT2D eigenvalue weighted by molar-refractivity contribution is -0.142. The summed E-state index contributed by atoms with van der Waals surface area (Å²) < 4.78 is 0. The van der Waals surface area contributed by atoms with Gasteiger partial charge in [0.05, 0.1) is 12.5 Å². The molecular weight excluding hydrogens is 438 g/mol. The van der Waals surface area contributed by atoms with Crippen LogP contribution in [0.2, 0.25) is 0 Å². The van der Waals surface area contributed by atoms with Gasteiger partial charge in [-0.1, -0.05) is 34.1 Å². The van der Waals surface area contributed by atoms with Crippen LogP contribution in [0.4, 0.5) is 0 Å². The topological polar surface area (TPSA) is 194 Å². The predicted octanol–water partition coefficient (Wildman–Crippen LogP) is -0.817. The quantitative estimate of drug-likeness (QED) is 0.177. The third-order valence-corrected chi connectivity index (χ3v) is 5.71. The third-order valence-electron chi connectivity index (χ3n) is 5.07. The van der Waals surface area contributed by atoms with E-state index in [9.17, 15) is 29.1 Å². The van der Waals surface area contributed by atoms with E-state index in [2.05, 4.69) is 16.0 Å². The molecule has 0 aliphatic heterocycles. The zero-order chi connectivity index (χ0) is 25.0. The van der Waals surface area contributed by atoms with E-state index in [-0.39, 0.29) is 12.3 Å². The van der Waals surface area contributed by atoms with Crippen LogP contribution in [0.3, 0.4) is 0 Å². The Kier molecular flexibility index (Phi) is 13.6. The summed E-state index contributed by atoms with van der Waals surface area (Å²) >= 11 is 1.44. The van der Waals surface area contributed by atoms with Gasteiger partial charge in [0.15, 0.2) is 0 Å². The van der Waals surface area contributed by atoms with Gasteiger partial charge in [0.25, 0.3) is 0 Å². The fraction of sp³-hybridized carbons (Fsp3) is 0.750. The lowest BCUT2D eigenvalue weighted by Gasteiger charge is -2.27. The molecule has 0 heterocycles. The number of aliphatic carboxylic acids is 1. The number of carbonyl (C=O) groups is 5. The molecule has 5 unspecified atom stereocenters. The largest absolute Gasteiger partial charge is 0.480 e. The SMILES string of the molecule is CCC(C)C(N)C(=O)NC(CC(N)=O)C(=O)NC(C(=O)NC(CCSC)C(=O)O)C(C)C. The number of hydrogen-bond donors (Lipinski definition) is 6. The van der Waals surface area contributed by atoms with Crippen molar-refractivity contribution in [3.05, 3.63) is 0 Å². The smallest absolute Gasteiger partial charge is 0.326 e. The van der Waals surface area contributed by atoms with Crippen LogP contribution in [0.25, 0.3) is 0 Å². The monoisotopic (exact) mass is 475 g/mol. The molecule has 0 rings (SSSR count). The van der Waals surface area contributed by atoms with Gasteiger partial charge in [0, 0.05) is 0 Å². The van der Waals surface area contributed by atoms with Crippen LogP contribution in [-0.2, 0) is 24.0 Å². The van der Waals surface area contributed by atoms with Gasteiger partial charge in [-0.3, -0.25) is 19.2 Å². The summed E-state index contributed by atoms with van der Waals surface area (Å²) in [5, 5.41) is 16.7. The second kappa shape index (κ2) is 14.7. The third kappa shape index (κ3) is 10.3. The van der Waals surface area contributed by atoms with Crippen molar-refractivity contribution in [1.29, 1.82) is 0 Å². The van der Waals surface area contributed by atoms with Crippen LogP contribution in [0, 0.1) is 11.8 Å². The van der Waals surface area contributed by atoms with E-state index in [1.807, 2.05) is 13.2 Å². The summed E-state index contributed by atoms with van der Waals surface area (Å²) in [7, 11) is 0. The molecule has 0 aliphatic rings. The van der Waals surface area contributed by atoms with Crippen molar-refractivity contribution in [3.63, 3.8) is 0 Å². The fourth-order valence-electron chi connectivity index (χ4n) is 2.73. The fourth-order valence-corrected chi connectivity index (χ4v) is 3.21. The van der Waals surface area contributed by atoms with Crippen LogP contribution in [-0.4, -0.2) is 70.9 Å². The number of carboxylic acids is 1. The van der Waals surface area contributed by atoms with E-state index < -0.39 is 66.1 Å². The summed E-state index contributed by atoms with van der Waals surface area (Å²) in [5.41, 5.74) is 11.1. The number of nitrogens with two attached hydrogens (primary N) is 2. The van der Waals surface area contributed by atoms with Crippen molar-refractivity contribution in [2.45, 2.75) is 71.1 Å². The minimum Gasteiger partial charge on any atom is -0.480 e. The highest BCUT2D eigenvalue weighted by atomic mass is 32.2. The molecule has 0 radical (unpaired) electrons. The maximum Gasteiger partial charge on any atom is 0.326 e. The standard InChI is InChI=1S/C20H37N5O6S/c1-6-11(4)15(22)18(28)24-13(9-14(21)26)17(27)25-16(10(2)3)19(29)23-12(20(30)31)7-8-32-5/h10-13,15-16H,6-9,22H2,1-5H3,(H2,21,26)(H,23,29)(H,24,28)(H,25,27)(H,30,31). The summed E-state index contributed by atoms with van der Waals surface area (Å²) in [5.74, 6) is -4.12. The molecule has 0 saturated carbocycles. The summed E-state index contributed by atoms with van der Waals surface area (Å²) in [6.07, 6.45) is 2.19. The Morgan fingerprint density at radius 2 is 1.50 bits per heavy atom. The molecular formula is C20H37N5O6S. The van der Waals surface area contributed by atoms with E-state index in [1.165, 1.54) is 11.8 Å². The number of nitrogens with one attached hydrogen (secondary N) is 3. The molecule has 12 heteroatoms. The first-order chi connectivity index (χ1) is 14.8. The lowest BCUT2D eigenvalue weighted by atomic mass is 9.98. The highest BCUT2D eigenvalue weighted by Crippen LogP contribution is 2.08. The Labute approximate surface area is 193 Å². The van der Waals surface area contributed by atoms with E-state index >= 15 is 0 Å². The van der Waals surface area contributed by atoms with Crippen molar-refractivity contribution < 1.29 is 29.1 Å². The molecule has 0 bridgehead atoms. The molecule has 0 spiro atoms. The number of primary amides is 1. The van der Waals surface area contributed by atoms with Crippen molar-refractivity contribution in [2.75, 3.05) is 12.0 Å². The van der Waals surface area contributed by atoms with Gasteiger partial charge >= 0.3 is 5.97 Å². The summed E-state index contributed by atoms with van der Waals surface area (Å²) in [4.78, 5) is 60.8. The van der Waals surface area contributed by atoms with Gasteiger partial charge in [0.2, 0.25) is 23.6 Å². The molecule has 0 saturated heterocycles. The van der Waals surface area contributed by atoms with Crippen LogP contribution in [0.5, 0.6) is 0 Å².